The van der Waals surface area contributed by atoms with Gasteiger partial charge in [-0.3, -0.25) is 14.5 Å². The van der Waals surface area contributed by atoms with Gasteiger partial charge in [0.15, 0.2) is 0 Å². The Hall–Kier alpha value is -1.70. The molecule has 1 aromatic carbocycles. The standard InChI is InChI=1S/C16H18N2O3S2/c1-2-17(8-9-19)14(20)11-18-15(21)13(23-16(18)22)10-12-6-4-3-5-7-12/h3-7,10,19H,2,8-9,11H2,1H3/b13-10+. The highest BCUT2D eigenvalue weighted by molar-refractivity contribution is 8.26. The molecule has 1 N–H and O–H groups in total. The van der Waals surface area contributed by atoms with Crippen molar-refractivity contribution in [3.8, 4) is 0 Å². The van der Waals surface area contributed by atoms with Gasteiger partial charge in [-0.15, -0.1) is 0 Å². The molecule has 23 heavy (non-hydrogen) atoms. The first-order valence-electron chi connectivity index (χ1n) is 7.26. The molecule has 0 saturated carbocycles. The number of carbonyl (C=O) groups is 2. The Labute approximate surface area is 145 Å². The second kappa shape index (κ2) is 8.24. The number of nitrogens with zero attached hydrogens (tertiary/aromatic N) is 2. The van der Waals surface area contributed by atoms with Crippen LogP contribution in [0.15, 0.2) is 35.2 Å². The van der Waals surface area contributed by atoms with Crippen molar-refractivity contribution in [3.05, 3.63) is 40.8 Å². The van der Waals surface area contributed by atoms with E-state index in [0.717, 1.165) is 5.56 Å². The first-order valence-corrected chi connectivity index (χ1v) is 8.48. The summed E-state index contributed by atoms with van der Waals surface area (Å²) in [5, 5.41) is 8.97. The van der Waals surface area contributed by atoms with Gasteiger partial charge in [0.05, 0.1) is 11.5 Å². The van der Waals surface area contributed by atoms with Crippen LogP contribution < -0.4 is 0 Å². The van der Waals surface area contributed by atoms with E-state index in [9.17, 15) is 9.59 Å². The van der Waals surface area contributed by atoms with Gasteiger partial charge in [-0.2, -0.15) is 0 Å². The zero-order valence-electron chi connectivity index (χ0n) is 12.8. The van der Waals surface area contributed by atoms with E-state index in [-0.39, 0.29) is 31.5 Å². The van der Waals surface area contributed by atoms with Crippen molar-refractivity contribution in [1.82, 2.24) is 9.80 Å². The Bertz CT molecular complexity index is 631. The van der Waals surface area contributed by atoms with Crippen LogP contribution in [0.3, 0.4) is 0 Å². The van der Waals surface area contributed by atoms with Gasteiger partial charge in [0.25, 0.3) is 5.91 Å². The molecule has 0 aromatic heterocycles. The van der Waals surface area contributed by atoms with Gasteiger partial charge in [-0.1, -0.05) is 54.3 Å². The number of likely N-dealkylation sites (N-methyl/N-ethyl adjacent to an activating group) is 1. The molecule has 122 valence electrons. The Balaban J connectivity index is 2.10. The minimum Gasteiger partial charge on any atom is -0.395 e. The van der Waals surface area contributed by atoms with Crippen LogP contribution in [0.4, 0.5) is 0 Å². The van der Waals surface area contributed by atoms with E-state index in [2.05, 4.69) is 0 Å². The predicted molar refractivity (Wildman–Crippen MR) is 95.7 cm³/mol. The van der Waals surface area contributed by atoms with Crippen LogP contribution in [0, 0.1) is 0 Å². The van der Waals surface area contributed by atoms with Gasteiger partial charge < -0.3 is 10.0 Å². The largest absolute Gasteiger partial charge is 0.395 e. The second-order valence-corrected chi connectivity index (χ2v) is 6.55. The van der Waals surface area contributed by atoms with Gasteiger partial charge >= 0.3 is 0 Å². The molecule has 1 heterocycles. The summed E-state index contributed by atoms with van der Waals surface area (Å²) in [6.45, 7) is 2.36. The van der Waals surface area contributed by atoms with Crippen molar-refractivity contribution in [3.63, 3.8) is 0 Å². The van der Waals surface area contributed by atoms with Crippen molar-refractivity contribution in [2.24, 2.45) is 0 Å². The van der Waals surface area contributed by atoms with Crippen molar-refractivity contribution in [2.75, 3.05) is 26.2 Å². The van der Waals surface area contributed by atoms with E-state index in [4.69, 9.17) is 17.3 Å². The lowest BCUT2D eigenvalue weighted by Gasteiger charge is -2.22. The minimum atomic E-state index is -0.253. The third-order valence-electron chi connectivity index (χ3n) is 3.37. The Morgan fingerprint density at radius 1 is 1.39 bits per heavy atom. The predicted octanol–water partition coefficient (Wildman–Crippen LogP) is 1.73. The van der Waals surface area contributed by atoms with Crippen molar-refractivity contribution >= 4 is 46.2 Å². The zero-order chi connectivity index (χ0) is 16.8. The van der Waals surface area contributed by atoms with Crippen molar-refractivity contribution < 1.29 is 14.7 Å². The quantitative estimate of drug-likeness (QED) is 0.625. The molecule has 0 radical (unpaired) electrons. The molecule has 0 unspecified atom stereocenters. The van der Waals surface area contributed by atoms with E-state index in [1.54, 1.807) is 6.08 Å². The molecule has 1 aliphatic rings. The summed E-state index contributed by atoms with van der Waals surface area (Å²) in [6, 6.07) is 9.49. The molecule has 5 nitrogen and oxygen atoms in total. The maximum atomic E-state index is 12.5. The molecule has 1 aromatic rings. The van der Waals surface area contributed by atoms with Crippen LogP contribution in [-0.2, 0) is 9.59 Å². The highest BCUT2D eigenvalue weighted by Crippen LogP contribution is 2.32. The summed E-state index contributed by atoms with van der Waals surface area (Å²) in [4.78, 5) is 28.0. The first kappa shape index (κ1) is 17.7. The number of hydrogen-bond acceptors (Lipinski definition) is 5. The Kier molecular flexibility index (Phi) is 6.32. The topological polar surface area (TPSA) is 60.9 Å². The molecule has 1 aliphatic heterocycles. The number of thiocarbonyl (C=S) groups is 1. The number of aliphatic hydroxyl groups excluding tert-OH is 1. The minimum absolute atomic E-state index is 0.0926. The highest BCUT2D eigenvalue weighted by Gasteiger charge is 2.34. The monoisotopic (exact) mass is 350 g/mol. The normalized spacial score (nSPS) is 16.3. The van der Waals surface area contributed by atoms with Crippen LogP contribution in [-0.4, -0.2) is 57.3 Å². The molecule has 1 fully saturated rings. The van der Waals surface area contributed by atoms with Gasteiger partial charge in [0.1, 0.15) is 10.9 Å². The summed E-state index contributed by atoms with van der Waals surface area (Å²) in [5.41, 5.74) is 0.912. The molecule has 0 bridgehead atoms. The third-order valence-corrected chi connectivity index (χ3v) is 4.75. The van der Waals surface area contributed by atoms with Crippen LogP contribution >= 0.6 is 24.0 Å². The van der Waals surface area contributed by atoms with Crippen molar-refractivity contribution in [1.29, 1.82) is 0 Å². The first-order chi connectivity index (χ1) is 11.1. The zero-order valence-corrected chi connectivity index (χ0v) is 14.4. The summed E-state index contributed by atoms with van der Waals surface area (Å²) in [6.07, 6.45) is 1.77. The SMILES string of the molecule is CCN(CCO)C(=O)CN1C(=O)/C(=C\c2ccccc2)SC1=S. The van der Waals surface area contributed by atoms with Crippen LogP contribution in [0.2, 0.25) is 0 Å². The van der Waals surface area contributed by atoms with Gasteiger partial charge in [0, 0.05) is 13.1 Å². The molecule has 7 heteroatoms. The average molecular weight is 350 g/mol. The molecule has 2 rings (SSSR count). The molecular formula is C16H18N2O3S2. The number of rotatable bonds is 6. The summed E-state index contributed by atoms with van der Waals surface area (Å²) >= 11 is 6.42. The number of carbonyl (C=O) groups excluding carboxylic acids is 2. The number of benzene rings is 1. The third kappa shape index (κ3) is 4.40. The van der Waals surface area contributed by atoms with Gasteiger partial charge in [-0.05, 0) is 18.6 Å². The Morgan fingerprint density at radius 3 is 2.70 bits per heavy atom. The van der Waals surface area contributed by atoms with Gasteiger partial charge in [0.2, 0.25) is 5.91 Å². The lowest BCUT2D eigenvalue weighted by atomic mass is 10.2. The summed E-state index contributed by atoms with van der Waals surface area (Å²) < 4.78 is 0.380. The second-order valence-electron chi connectivity index (χ2n) is 4.88. The average Bonchev–Trinajstić information content (AvgIpc) is 2.81. The van der Waals surface area contributed by atoms with E-state index >= 15 is 0 Å². The maximum Gasteiger partial charge on any atom is 0.266 e. The fourth-order valence-electron chi connectivity index (χ4n) is 2.15. The number of hydrogen-bond donors (Lipinski definition) is 1. The summed E-state index contributed by atoms with van der Waals surface area (Å²) in [7, 11) is 0. The molecule has 0 atom stereocenters. The van der Waals surface area contributed by atoms with E-state index in [1.165, 1.54) is 21.6 Å². The van der Waals surface area contributed by atoms with Crippen LogP contribution in [0.5, 0.6) is 0 Å². The molecular weight excluding hydrogens is 332 g/mol. The van der Waals surface area contributed by atoms with Crippen LogP contribution in [0.25, 0.3) is 6.08 Å². The molecule has 0 aliphatic carbocycles. The van der Waals surface area contributed by atoms with Gasteiger partial charge in [-0.25, -0.2) is 0 Å². The number of amides is 2. The smallest absolute Gasteiger partial charge is 0.266 e. The number of aliphatic hydroxyl groups is 1. The van der Waals surface area contributed by atoms with Crippen LogP contribution in [0.1, 0.15) is 12.5 Å². The fraction of sp³-hybridized carbons (Fsp3) is 0.312. The summed E-state index contributed by atoms with van der Waals surface area (Å²) in [5.74, 6) is -0.476. The lowest BCUT2D eigenvalue weighted by molar-refractivity contribution is -0.135. The van der Waals surface area contributed by atoms with E-state index < -0.39 is 0 Å². The van der Waals surface area contributed by atoms with E-state index in [0.29, 0.717) is 15.8 Å². The lowest BCUT2D eigenvalue weighted by Crippen LogP contribution is -2.43. The fourth-order valence-corrected chi connectivity index (χ4v) is 3.41. The molecule has 1 saturated heterocycles. The number of thioether (sulfide) groups is 1. The molecule has 0 spiro atoms. The maximum absolute atomic E-state index is 12.5. The highest BCUT2D eigenvalue weighted by atomic mass is 32.2. The van der Waals surface area contributed by atoms with E-state index in [1.807, 2.05) is 37.3 Å². The van der Waals surface area contributed by atoms with Crippen molar-refractivity contribution in [2.45, 2.75) is 6.92 Å². The molecule has 2 amide bonds. The Morgan fingerprint density at radius 2 is 2.09 bits per heavy atom.